The molecular weight excluding hydrogens is 186 g/mol. The Kier molecular flexibility index (Phi) is 3.69. The van der Waals surface area contributed by atoms with E-state index in [1.807, 2.05) is 18.2 Å². The molecule has 0 bridgehead atoms. The fourth-order valence-corrected chi connectivity index (χ4v) is 1.73. The average molecular weight is 207 g/mol. The van der Waals surface area contributed by atoms with E-state index in [-0.39, 0.29) is 0 Å². The maximum absolute atomic E-state index is 5.63. The van der Waals surface area contributed by atoms with Crippen molar-refractivity contribution in [1.29, 1.82) is 0 Å². The number of nitrogens with two attached hydrogens (primary N) is 1. The van der Waals surface area contributed by atoms with Gasteiger partial charge in [0.05, 0.1) is 5.69 Å². The number of nitrogens with zero attached hydrogens (tertiary/aromatic N) is 2. The minimum atomic E-state index is 0.315. The number of hydrogen-bond donors (Lipinski definition) is 1. The maximum Gasteiger partial charge on any atom is 0.123 e. The van der Waals surface area contributed by atoms with Gasteiger partial charge in [0.2, 0.25) is 0 Å². The molecular formula is C12H21N3. The van der Waals surface area contributed by atoms with Gasteiger partial charge in [-0.1, -0.05) is 26.8 Å². The molecule has 2 N–H and O–H groups in total. The van der Waals surface area contributed by atoms with Crippen LogP contribution in [0.5, 0.6) is 0 Å². The normalized spacial score (nSPS) is 12.1. The molecule has 0 atom stereocenters. The highest BCUT2D eigenvalue weighted by Gasteiger charge is 2.13. The summed E-state index contributed by atoms with van der Waals surface area (Å²) in [6.07, 6.45) is 0. The van der Waals surface area contributed by atoms with Gasteiger partial charge in [-0.3, -0.25) is 0 Å². The number of pyridine rings is 1. The zero-order chi connectivity index (χ0) is 11.5. The molecule has 0 radical (unpaired) electrons. The highest BCUT2D eigenvalue weighted by Crippen LogP contribution is 2.15. The van der Waals surface area contributed by atoms with Crippen molar-refractivity contribution in [3.05, 3.63) is 23.9 Å². The van der Waals surface area contributed by atoms with Gasteiger partial charge in [-0.2, -0.15) is 0 Å². The molecule has 0 aliphatic rings. The van der Waals surface area contributed by atoms with Crippen molar-refractivity contribution in [3.63, 3.8) is 0 Å². The maximum atomic E-state index is 5.63. The van der Waals surface area contributed by atoms with Gasteiger partial charge in [0.1, 0.15) is 5.82 Å². The molecule has 0 unspecified atom stereocenters. The van der Waals surface area contributed by atoms with Crippen molar-refractivity contribution in [2.45, 2.75) is 27.3 Å². The van der Waals surface area contributed by atoms with Crippen LogP contribution < -0.4 is 5.73 Å². The molecule has 1 aromatic heterocycles. The Balaban J connectivity index is 2.55. The van der Waals surface area contributed by atoms with Gasteiger partial charge in [-0.25, -0.2) is 4.98 Å². The third-order valence-electron chi connectivity index (χ3n) is 2.00. The van der Waals surface area contributed by atoms with E-state index in [0.29, 0.717) is 11.2 Å². The van der Waals surface area contributed by atoms with Crippen LogP contribution in [0.2, 0.25) is 0 Å². The molecule has 0 aromatic carbocycles. The Hall–Kier alpha value is -1.09. The Bertz CT molecular complexity index is 315. The predicted molar refractivity (Wildman–Crippen MR) is 64.4 cm³/mol. The van der Waals surface area contributed by atoms with Crippen LogP contribution in [0.15, 0.2) is 18.2 Å². The first-order chi connectivity index (χ1) is 6.87. The van der Waals surface area contributed by atoms with E-state index in [4.69, 9.17) is 5.73 Å². The monoisotopic (exact) mass is 207 g/mol. The SMILES string of the molecule is CN(Cc1cccc(N)n1)CC(C)(C)C. The lowest BCUT2D eigenvalue weighted by atomic mass is 9.96. The third kappa shape index (κ3) is 4.79. The number of anilines is 1. The fraction of sp³-hybridized carbons (Fsp3) is 0.583. The van der Waals surface area contributed by atoms with E-state index < -0.39 is 0 Å². The quantitative estimate of drug-likeness (QED) is 0.825. The summed E-state index contributed by atoms with van der Waals surface area (Å²) in [6, 6.07) is 5.77. The van der Waals surface area contributed by atoms with E-state index in [9.17, 15) is 0 Å². The summed E-state index contributed by atoms with van der Waals surface area (Å²) in [5.41, 5.74) is 6.98. The van der Waals surface area contributed by atoms with Gasteiger partial charge in [0.15, 0.2) is 0 Å². The number of aromatic nitrogens is 1. The highest BCUT2D eigenvalue weighted by molar-refractivity contribution is 5.28. The van der Waals surface area contributed by atoms with Crippen molar-refractivity contribution in [1.82, 2.24) is 9.88 Å². The van der Waals surface area contributed by atoms with Crippen molar-refractivity contribution in [2.75, 3.05) is 19.3 Å². The first kappa shape index (κ1) is 12.0. The summed E-state index contributed by atoms with van der Waals surface area (Å²) in [5, 5.41) is 0. The van der Waals surface area contributed by atoms with Crippen LogP contribution in [0.4, 0.5) is 5.82 Å². The van der Waals surface area contributed by atoms with Crippen LogP contribution in [0, 0.1) is 5.41 Å². The lowest BCUT2D eigenvalue weighted by Crippen LogP contribution is -2.29. The van der Waals surface area contributed by atoms with Gasteiger partial charge >= 0.3 is 0 Å². The van der Waals surface area contributed by atoms with E-state index in [0.717, 1.165) is 18.8 Å². The number of hydrogen-bond acceptors (Lipinski definition) is 3. The topological polar surface area (TPSA) is 42.1 Å². The standard InChI is InChI=1S/C12H21N3/c1-12(2,3)9-15(4)8-10-6-5-7-11(13)14-10/h5-7H,8-9H2,1-4H3,(H2,13,14). The Morgan fingerprint density at radius 3 is 2.53 bits per heavy atom. The summed E-state index contributed by atoms with van der Waals surface area (Å²) >= 11 is 0. The van der Waals surface area contributed by atoms with Crippen LogP contribution in [0.1, 0.15) is 26.5 Å². The Labute approximate surface area is 92.3 Å². The van der Waals surface area contributed by atoms with Crippen molar-refractivity contribution in [2.24, 2.45) is 5.41 Å². The molecule has 0 amide bonds. The summed E-state index contributed by atoms with van der Waals surface area (Å²) in [7, 11) is 2.11. The second-order valence-corrected chi connectivity index (χ2v) is 5.29. The second-order valence-electron chi connectivity index (χ2n) is 5.29. The fourth-order valence-electron chi connectivity index (χ4n) is 1.73. The molecule has 3 nitrogen and oxygen atoms in total. The molecule has 0 aliphatic carbocycles. The van der Waals surface area contributed by atoms with Gasteiger partial charge in [-0.05, 0) is 24.6 Å². The molecule has 0 aliphatic heterocycles. The van der Waals surface area contributed by atoms with Crippen molar-refractivity contribution in [3.8, 4) is 0 Å². The molecule has 1 heterocycles. The summed E-state index contributed by atoms with van der Waals surface area (Å²) in [5.74, 6) is 0.594. The van der Waals surface area contributed by atoms with Crippen LogP contribution >= 0.6 is 0 Å². The van der Waals surface area contributed by atoms with E-state index >= 15 is 0 Å². The van der Waals surface area contributed by atoms with Gasteiger partial charge < -0.3 is 10.6 Å². The third-order valence-corrected chi connectivity index (χ3v) is 2.00. The van der Waals surface area contributed by atoms with Crippen LogP contribution in [0.3, 0.4) is 0 Å². The van der Waals surface area contributed by atoms with Crippen LogP contribution in [-0.4, -0.2) is 23.5 Å². The summed E-state index contributed by atoms with van der Waals surface area (Å²) in [6.45, 7) is 8.59. The van der Waals surface area contributed by atoms with E-state index in [1.165, 1.54) is 0 Å². The predicted octanol–water partition coefficient (Wildman–Crippen LogP) is 2.14. The summed E-state index contributed by atoms with van der Waals surface area (Å²) in [4.78, 5) is 6.54. The molecule has 0 saturated heterocycles. The first-order valence-electron chi connectivity index (χ1n) is 5.27. The van der Waals surface area contributed by atoms with Crippen molar-refractivity contribution >= 4 is 5.82 Å². The molecule has 0 saturated carbocycles. The minimum Gasteiger partial charge on any atom is -0.384 e. The largest absolute Gasteiger partial charge is 0.384 e. The molecule has 3 heteroatoms. The Morgan fingerprint density at radius 2 is 2.00 bits per heavy atom. The number of rotatable bonds is 3. The Morgan fingerprint density at radius 1 is 1.33 bits per heavy atom. The molecule has 84 valence electrons. The second kappa shape index (κ2) is 4.62. The van der Waals surface area contributed by atoms with Gasteiger partial charge in [-0.15, -0.1) is 0 Å². The van der Waals surface area contributed by atoms with Crippen LogP contribution in [-0.2, 0) is 6.54 Å². The van der Waals surface area contributed by atoms with Crippen LogP contribution in [0.25, 0.3) is 0 Å². The van der Waals surface area contributed by atoms with E-state index in [2.05, 4.69) is 37.7 Å². The lowest BCUT2D eigenvalue weighted by molar-refractivity contribution is 0.219. The zero-order valence-electron chi connectivity index (χ0n) is 10.1. The molecule has 0 spiro atoms. The lowest BCUT2D eigenvalue weighted by Gasteiger charge is -2.26. The van der Waals surface area contributed by atoms with Gasteiger partial charge in [0.25, 0.3) is 0 Å². The number of nitrogen functional groups attached to an aromatic ring is 1. The average Bonchev–Trinajstić information content (AvgIpc) is 1.99. The molecule has 1 rings (SSSR count). The van der Waals surface area contributed by atoms with Gasteiger partial charge in [0, 0.05) is 13.1 Å². The zero-order valence-corrected chi connectivity index (χ0v) is 10.1. The van der Waals surface area contributed by atoms with Crippen molar-refractivity contribution < 1.29 is 0 Å². The molecule has 15 heavy (non-hydrogen) atoms. The molecule has 1 aromatic rings. The highest BCUT2D eigenvalue weighted by atomic mass is 15.1. The molecule has 0 fully saturated rings. The summed E-state index contributed by atoms with van der Waals surface area (Å²) < 4.78 is 0. The van der Waals surface area contributed by atoms with E-state index in [1.54, 1.807) is 0 Å². The first-order valence-corrected chi connectivity index (χ1v) is 5.27. The smallest absolute Gasteiger partial charge is 0.123 e. The minimum absolute atomic E-state index is 0.315.